The molecule has 1 N–H and O–H groups in total. The molecule has 0 aromatic rings. The van der Waals surface area contributed by atoms with E-state index in [9.17, 15) is 4.79 Å². The van der Waals surface area contributed by atoms with Gasteiger partial charge in [0.05, 0.1) is 0 Å². The lowest BCUT2D eigenvalue weighted by Gasteiger charge is -2.04. The molecule has 2 heteroatoms. The average molecular weight is 141 g/mol. The summed E-state index contributed by atoms with van der Waals surface area (Å²) in [5.74, 6) is 0.788. The zero-order chi connectivity index (χ0) is 7.56. The molecule has 0 spiro atoms. The summed E-state index contributed by atoms with van der Waals surface area (Å²) < 4.78 is 0. The van der Waals surface area contributed by atoms with Gasteiger partial charge in [-0.1, -0.05) is 26.7 Å². The Labute approximate surface area is 62.0 Å². The summed E-state index contributed by atoms with van der Waals surface area (Å²) in [5.41, 5.74) is 0. The number of nitrogens with one attached hydrogen (secondary N) is 1. The van der Waals surface area contributed by atoms with Crippen LogP contribution < -0.4 is 5.32 Å². The molecule has 0 radical (unpaired) electrons. The maximum absolute atomic E-state index is 10.6. The summed E-state index contributed by atoms with van der Waals surface area (Å²) in [5, 5.41) is 2.80. The number of hydrogen-bond acceptors (Lipinski definition) is 1. The molecule has 1 aliphatic heterocycles. The first kappa shape index (κ1) is 7.58. The highest BCUT2D eigenvalue weighted by atomic mass is 16.2. The Morgan fingerprint density at radius 3 is 2.70 bits per heavy atom. The van der Waals surface area contributed by atoms with Gasteiger partial charge in [-0.2, -0.15) is 0 Å². The maximum Gasteiger partial charge on any atom is 0.243 e. The molecular weight excluding hydrogens is 126 g/mol. The Hall–Kier alpha value is -0.530. The van der Waals surface area contributed by atoms with Crippen LogP contribution in [0.3, 0.4) is 0 Å². The molecule has 0 aromatic heterocycles. The topological polar surface area (TPSA) is 39.0 Å². The second-order valence-corrected chi connectivity index (χ2v) is 3.11. The highest BCUT2D eigenvalue weighted by Crippen LogP contribution is 2.18. The number of hydrogen-bond donors (Lipinski definition) is 1. The zero-order valence-corrected chi connectivity index (χ0v) is 6.68. The van der Waals surface area contributed by atoms with E-state index < -0.39 is 0 Å². The van der Waals surface area contributed by atoms with E-state index >= 15 is 0 Å². The molecule has 1 aliphatic rings. The predicted octanol–water partition coefficient (Wildman–Crippen LogP) is 1.31. The van der Waals surface area contributed by atoms with Gasteiger partial charge in [0, 0.05) is 0 Å². The van der Waals surface area contributed by atoms with Crippen molar-refractivity contribution in [2.24, 2.45) is 5.92 Å². The van der Waals surface area contributed by atoms with Crippen molar-refractivity contribution >= 4 is 5.91 Å². The minimum absolute atomic E-state index is 0.201. The van der Waals surface area contributed by atoms with Gasteiger partial charge in [-0.25, -0.2) is 0 Å². The van der Waals surface area contributed by atoms with Crippen LogP contribution in [-0.2, 0) is 4.79 Å². The quantitative estimate of drug-likeness (QED) is 0.589. The Morgan fingerprint density at radius 1 is 1.70 bits per heavy atom. The van der Waals surface area contributed by atoms with Gasteiger partial charge in [0.15, 0.2) is 0 Å². The summed E-state index contributed by atoms with van der Waals surface area (Å²) in [6.07, 6.45) is 3.65. The fourth-order valence-electron chi connectivity index (χ4n) is 1.21. The molecule has 0 saturated carbocycles. The molecule has 0 aromatic carbocycles. The Kier molecular flexibility index (Phi) is 2.30. The number of carbonyl (C=O) groups is 1. The van der Waals surface area contributed by atoms with Crippen LogP contribution in [0.1, 0.15) is 33.1 Å². The molecule has 10 heavy (non-hydrogen) atoms. The highest BCUT2D eigenvalue weighted by molar-refractivity contribution is 5.96. The van der Waals surface area contributed by atoms with E-state index in [1.165, 1.54) is 19.3 Å². The molecule has 1 rings (SSSR count). The lowest BCUT2D eigenvalue weighted by atomic mass is 10.0. The minimum atomic E-state index is 0.201. The van der Waals surface area contributed by atoms with Crippen molar-refractivity contribution in [1.82, 2.24) is 5.32 Å². The molecular formula is C8H15NO. The first-order chi connectivity index (χ1) is 4.75. The Morgan fingerprint density at radius 2 is 2.30 bits per heavy atom. The zero-order valence-electron chi connectivity index (χ0n) is 6.68. The van der Waals surface area contributed by atoms with Crippen molar-refractivity contribution < 1.29 is 4.79 Å². The number of rotatable bonds is 4. The van der Waals surface area contributed by atoms with E-state index in [0.29, 0.717) is 5.92 Å². The summed E-state index contributed by atoms with van der Waals surface area (Å²) in [7, 11) is 0. The largest absolute Gasteiger partial charge is 0.342 e. The van der Waals surface area contributed by atoms with Crippen LogP contribution in [0.2, 0.25) is 0 Å². The summed E-state index contributed by atoms with van der Waals surface area (Å²) in [6, 6.07) is 0.201. The van der Waals surface area contributed by atoms with Crippen LogP contribution in [-0.4, -0.2) is 11.9 Å². The van der Waals surface area contributed by atoms with Crippen LogP contribution in [0, 0.1) is 5.92 Å². The third kappa shape index (κ3) is 1.72. The van der Waals surface area contributed by atoms with Crippen LogP contribution in [0.25, 0.3) is 0 Å². The molecule has 1 saturated heterocycles. The van der Waals surface area contributed by atoms with E-state index in [-0.39, 0.29) is 11.9 Å². The van der Waals surface area contributed by atoms with Crippen molar-refractivity contribution in [1.29, 1.82) is 0 Å². The number of amides is 1. The number of carbonyl (C=O) groups excluding carboxylic acids is 1. The van der Waals surface area contributed by atoms with E-state index in [0.717, 1.165) is 0 Å². The lowest BCUT2D eigenvalue weighted by molar-refractivity contribution is -0.111. The van der Waals surface area contributed by atoms with Crippen molar-refractivity contribution in [3.05, 3.63) is 0 Å². The van der Waals surface area contributed by atoms with Crippen LogP contribution in [0.15, 0.2) is 0 Å². The molecule has 0 aliphatic carbocycles. The summed E-state index contributed by atoms with van der Waals surface area (Å²) >= 11 is 0. The normalized spacial score (nSPS) is 25.8. The van der Waals surface area contributed by atoms with Crippen molar-refractivity contribution in [3.8, 4) is 0 Å². The fraction of sp³-hybridized carbons (Fsp3) is 0.875. The summed E-state index contributed by atoms with van der Waals surface area (Å²) in [6.45, 7) is 4.31. The molecule has 1 fully saturated rings. The molecule has 2 atom stereocenters. The van der Waals surface area contributed by atoms with Gasteiger partial charge in [-0.05, 0) is 12.3 Å². The molecule has 0 bridgehead atoms. The number of unbranched alkanes of at least 4 members (excludes halogenated alkanes) is 1. The van der Waals surface area contributed by atoms with Crippen LogP contribution >= 0.6 is 0 Å². The Bertz CT molecular complexity index is 133. The second kappa shape index (κ2) is 3.04. The third-order valence-electron chi connectivity index (χ3n) is 2.08. The first-order valence-corrected chi connectivity index (χ1v) is 4.06. The average Bonchev–Trinajstić information content (AvgIpc) is 2.62. The van der Waals surface area contributed by atoms with Gasteiger partial charge in [0.2, 0.25) is 5.91 Å². The standard InChI is InChI=1S/C8H15NO/c1-3-4-5-6(2)7-8(10)9-7/h6-7H,3-5H2,1-2H3,(H,9,10). The smallest absolute Gasteiger partial charge is 0.243 e. The lowest BCUT2D eigenvalue weighted by Crippen LogP contribution is -2.06. The van der Waals surface area contributed by atoms with Crippen molar-refractivity contribution in [3.63, 3.8) is 0 Å². The molecule has 2 unspecified atom stereocenters. The van der Waals surface area contributed by atoms with Crippen LogP contribution in [0.4, 0.5) is 0 Å². The second-order valence-electron chi connectivity index (χ2n) is 3.11. The summed E-state index contributed by atoms with van der Waals surface area (Å²) in [4.78, 5) is 10.6. The monoisotopic (exact) mass is 141 g/mol. The van der Waals surface area contributed by atoms with Crippen molar-refractivity contribution in [2.45, 2.75) is 39.2 Å². The van der Waals surface area contributed by atoms with E-state index in [1.807, 2.05) is 0 Å². The molecule has 1 heterocycles. The van der Waals surface area contributed by atoms with Crippen molar-refractivity contribution in [2.75, 3.05) is 0 Å². The third-order valence-corrected chi connectivity index (χ3v) is 2.08. The van der Waals surface area contributed by atoms with Gasteiger partial charge in [0.25, 0.3) is 0 Å². The highest BCUT2D eigenvalue weighted by Gasteiger charge is 2.37. The maximum atomic E-state index is 10.6. The van der Waals surface area contributed by atoms with Gasteiger partial charge in [-0.3, -0.25) is 4.79 Å². The minimum Gasteiger partial charge on any atom is -0.342 e. The molecule has 2 nitrogen and oxygen atoms in total. The van der Waals surface area contributed by atoms with E-state index in [4.69, 9.17) is 0 Å². The predicted molar refractivity (Wildman–Crippen MR) is 40.6 cm³/mol. The van der Waals surface area contributed by atoms with E-state index in [2.05, 4.69) is 19.2 Å². The molecule has 58 valence electrons. The first-order valence-electron chi connectivity index (χ1n) is 4.06. The van der Waals surface area contributed by atoms with Crippen LogP contribution in [0.5, 0.6) is 0 Å². The van der Waals surface area contributed by atoms with Gasteiger partial charge >= 0.3 is 0 Å². The molecule has 1 amide bonds. The fourth-order valence-corrected chi connectivity index (χ4v) is 1.21. The van der Waals surface area contributed by atoms with Gasteiger partial charge in [0.1, 0.15) is 6.04 Å². The van der Waals surface area contributed by atoms with Gasteiger partial charge in [-0.15, -0.1) is 0 Å². The van der Waals surface area contributed by atoms with E-state index in [1.54, 1.807) is 0 Å². The Balaban J connectivity index is 2.10. The SMILES string of the molecule is CCCCC(C)C1NC1=O. The van der Waals surface area contributed by atoms with Gasteiger partial charge < -0.3 is 5.32 Å².